The lowest BCUT2D eigenvalue weighted by Crippen LogP contribution is -2.44. The van der Waals surface area contributed by atoms with Gasteiger partial charge in [0.25, 0.3) is 0 Å². The molecule has 0 radical (unpaired) electrons. The van der Waals surface area contributed by atoms with E-state index < -0.39 is 0 Å². The topological polar surface area (TPSA) is 38.6 Å². The predicted octanol–water partition coefficient (Wildman–Crippen LogP) is 2.49. The van der Waals surface area contributed by atoms with Crippen LogP contribution in [0.5, 0.6) is 0 Å². The number of aromatic nitrogens is 2. The molecular weight excluding hydrogens is 258 g/mol. The third-order valence-electron chi connectivity index (χ3n) is 3.70. The SMILES string of the molecule is CCNC(Cc1cn2ccsc2n1)C1CCCCO1. The van der Waals surface area contributed by atoms with Crippen molar-refractivity contribution in [2.24, 2.45) is 0 Å². The van der Waals surface area contributed by atoms with Crippen molar-refractivity contribution >= 4 is 16.3 Å². The second kappa shape index (κ2) is 6.03. The van der Waals surface area contributed by atoms with E-state index in [1.165, 1.54) is 19.3 Å². The van der Waals surface area contributed by atoms with Crippen molar-refractivity contribution in [1.29, 1.82) is 0 Å². The van der Waals surface area contributed by atoms with E-state index >= 15 is 0 Å². The van der Waals surface area contributed by atoms with E-state index in [0.29, 0.717) is 12.1 Å². The van der Waals surface area contributed by atoms with Crippen LogP contribution >= 0.6 is 11.3 Å². The van der Waals surface area contributed by atoms with Crippen molar-refractivity contribution in [1.82, 2.24) is 14.7 Å². The van der Waals surface area contributed by atoms with Crippen molar-refractivity contribution in [2.75, 3.05) is 13.2 Å². The van der Waals surface area contributed by atoms with Gasteiger partial charge >= 0.3 is 0 Å². The van der Waals surface area contributed by atoms with Gasteiger partial charge in [-0.15, -0.1) is 11.3 Å². The largest absolute Gasteiger partial charge is 0.377 e. The standard InChI is InChI=1S/C14H21N3OS/c1-2-15-12(13-5-3-4-7-18-13)9-11-10-17-6-8-19-14(17)16-11/h6,8,10,12-13,15H,2-5,7,9H2,1H3. The molecule has 1 fully saturated rings. The number of nitrogens with zero attached hydrogens (tertiary/aromatic N) is 2. The molecule has 1 aliphatic heterocycles. The molecule has 2 aromatic rings. The zero-order valence-corrected chi connectivity index (χ0v) is 12.2. The summed E-state index contributed by atoms with van der Waals surface area (Å²) in [6.45, 7) is 4.04. The first kappa shape index (κ1) is 13.1. The fourth-order valence-corrected chi connectivity index (χ4v) is 3.50. The number of thiazole rings is 1. The van der Waals surface area contributed by atoms with Crippen molar-refractivity contribution in [3.8, 4) is 0 Å². The molecule has 4 nitrogen and oxygen atoms in total. The monoisotopic (exact) mass is 279 g/mol. The molecule has 0 amide bonds. The van der Waals surface area contributed by atoms with E-state index in [0.717, 1.165) is 30.2 Å². The Labute approximate surface area is 117 Å². The van der Waals surface area contributed by atoms with Gasteiger partial charge in [-0.25, -0.2) is 4.98 Å². The average molecular weight is 279 g/mol. The highest BCUT2D eigenvalue weighted by Gasteiger charge is 2.24. The van der Waals surface area contributed by atoms with Crippen LogP contribution in [0.25, 0.3) is 4.96 Å². The number of ether oxygens (including phenoxy) is 1. The van der Waals surface area contributed by atoms with Crippen LogP contribution in [0.3, 0.4) is 0 Å². The molecule has 0 bridgehead atoms. The van der Waals surface area contributed by atoms with Gasteiger partial charge < -0.3 is 10.1 Å². The summed E-state index contributed by atoms with van der Waals surface area (Å²) in [5.41, 5.74) is 1.16. The molecule has 2 aromatic heterocycles. The first-order chi connectivity index (χ1) is 9.36. The Morgan fingerprint density at radius 2 is 2.53 bits per heavy atom. The highest BCUT2D eigenvalue weighted by molar-refractivity contribution is 7.15. The maximum atomic E-state index is 5.93. The molecule has 1 N–H and O–H groups in total. The zero-order chi connectivity index (χ0) is 13.1. The van der Waals surface area contributed by atoms with E-state index in [2.05, 4.69) is 39.4 Å². The van der Waals surface area contributed by atoms with Gasteiger partial charge in [-0.05, 0) is 25.8 Å². The summed E-state index contributed by atoms with van der Waals surface area (Å²) in [7, 11) is 0. The van der Waals surface area contributed by atoms with Crippen molar-refractivity contribution in [3.63, 3.8) is 0 Å². The minimum absolute atomic E-state index is 0.341. The molecule has 19 heavy (non-hydrogen) atoms. The van der Waals surface area contributed by atoms with Gasteiger partial charge in [0, 0.05) is 36.8 Å². The van der Waals surface area contributed by atoms with Gasteiger partial charge in [0.2, 0.25) is 0 Å². The molecule has 1 aliphatic rings. The molecule has 2 atom stereocenters. The maximum Gasteiger partial charge on any atom is 0.193 e. The zero-order valence-electron chi connectivity index (χ0n) is 11.3. The molecule has 2 unspecified atom stereocenters. The number of hydrogen-bond donors (Lipinski definition) is 1. The number of hydrogen-bond acceptors (Lipinski definition) is 4. The molecule has 0 spiro atoms. The van der Waals surface area contributed by atoms with Gasteiger partial charge in [0.15, 0.2) is 4.96 Å². The number of rotatable bonds is 5. The summed E-state index contributed by atoms with van der Waals surface area (Å²) in [4.78, 5) is 5.75. The van der Waals surface area contributed by atoms with Crippen LogP contribution in [0.4, 0.5) is 0 Å². The lowest BCUT2D eigenvalue weighted by molar-refractivity contribution is -0.00725. The van der Waals surface area contributed by atoms with Crippen LogP contribution in [0, 0.1) is 0 Å². The maximum absolute atomic E-state index is 5.93. The molecule has 0 saturated carbocycles. The summed E-state index contributed by atoms with van der Waals surface area (Å²) in [6, 6.07) is 0.384. The summed E-state index contributed by atoms with van der Waals surface area (Å²) in [6.07, 6.45) is 9.15. The first-order valence-corrected chi connectivity index (χ1v) is 8.01. The van der Waals surface area contributed by atoms with Gasteiger partial charge in [-0.1, -0.05) is 6.92 Å². The molecule has 1 saturated heterocycles. The number of likely N-dealkylation sites (N-methyl/N-ethyl adjacent to an activating group) is 1. The Hall–Kier alpha value is -0.910. The molecular formula is C14H21N3OS. The number of nitrogens with one attached hydrogen (secondary N) is 1. The number of fused-ring (bicyclic) bond motifs is 1. The normalized spacial score (nSPS) is 21.8. The molecule has 5 heteroatoms. The summed E-state index contributed by atoms with van der Waals surface area (Å²) in [5.74, 6) is 0. The fourth-order valence-electron chi connectivity index (χ4n) is 2.78. The Kier molecular flexibility index (Phi) is 4.15. The van der Waals surface area contributed by atoms with Gasteiger partial charge in [-0.3, -0.25) is 4.40 Å². The van der Waals surface area contributed by atoms with Crippen LogP contribution in [0.1, 0.15) is 31.9 Å². The Balaban J connectivity index is 1.70. The molecule has 104 valence electrons. The van der Waals surface area contributed by atoms with Crippen molar-refractivity contribution in [3.05, 3.63) is 23.5 Å². The highest BCUT2D eigenvalue weighted by Crippen LogP contribution is 2.19. The minimum Gasteiger partial charge on any atom is -0.377 e. The summed E-state index contributed by atoms with van der Waals surface area (Å²) in [5, 5.41) is 5.63. The van der Waals surface area contributed by atoms with Crippen molar-refractivity contribution < 1.29 is 4.74 Å². The molecule has 0 aromatic carbocycles. The van der Waals surface area contributed by atoms with E-state index in [-0.39, 0.29) is 0 Å². The van der Waals surface area contributed by atoms with Gasteiger partial charge in [0.05, 0.1) is 11.8 Å². The second-order valence-electron chi connectivity index (χ2n) is 5.10. The Morgan fingerprint density at radius 1 is 1.58 bits per heavy atom. The minimum atomic E-state index is 0.341. The summed E-state index contributed by atoms with van der Waals surface area (Å²) < 4.78 is 8.03. The van der Waals surface area contributed by atoms with Crippen LogP contribution in [0.2, 0.25) is 0 Å². The third kappa shape index (κ3) is 2.99. The van der Waals surface area contributed by atoms with Crippen LogP contribution < -0.4 is 5.32 Å². The Morgan fingerprint density at radius 3 is 3.26 bits per heavy atom. The highest BCUT2D eigenvalue weighted by atomic mass is 32.1. The van der Waals surface area contributed by atoms with E-state index in [1.54, 1.807) is 11.3 Å². The lowest BCUT2D eigenvalue weighted by Gasteiger charge is -2.30. The lowest BCUT2D eigenvalue weighted by atomic mass is 9.98. The first-order valence-electron chi connectivity index (χ1n) is 7.13. The van der Waals surface area contributed by atoms with Gasteiger partial charge in [-0.2, -0.15) is 0 Å². The third-order valence-corrected chi connectivity index (χ3v) is 4.47. The smallest absolute Gasteiger partial charge is 0.193 e. The van der Waals surface area contributed by atoms with Gasteiger partial charge in [0.1, 0.15) is 0 Å². The molecule has 3 rings (SSSR count). The number of imidazole rings is 1. The van der Waals surface area contributed by atoms with Crippen LogP contribution in [-0.4, -0.2) is 34.7 Å². The predicted molar refractivity (Wildman–Crippen MR) is 77.8 cm³/mol. The quantitative estimate of drug-likeness (QED) is 0.914. The second-order valence-corrected chi connectivity index (χ2v) is 5.97. The van der Waals surface area contributed by atoms with E-state index in [1.807, 2.05) is 0 Å². The Bertz CT molecular complexity index is 487. The summed E-state index contributed by atoms with van der Waals surface area (Å²) >= 11 is 1.68. The average Bonchev–Trinajstić information content (AvgIpc) is 3.00. The van der Waals surface area contributed by atoms with Crippen LogP contribution in [0.15, 0.2) is 17.8 Å². The van der Waals surface area contributed by atoms with E-state index in [9.17, 15) is 0 Å². The molecule has 0 aliphatic carbocycles. The van der Waals surface area contributed by atoms with Crippen LogP contribution in [-0.2, 0) is 11.2 Å². The molecule has 3 heterocycles. The van der Waals surface area contributed by atoms with E-state index in [4.69, 9.17) is 4.74 Å². The fraction of sp³-hybridized carbons (Fsp3) is 0.643. The van der Waals surface area contributed by atoms with Crippen molar-refractivity contribution in [2.45, 2.75) is 44.8 Å².